The highest BCUT2D eigenvalue weighted by molar-refractivity contribution is 6.70. The normalized spacial score (nSPS) is 18.2. The third-order valence-electron chi connectivity index (χ3n) is 0.481. The summed E-state index contributed by atoms with van der Waals surface area (Å²) in [6.07, 6.45) is 0. The van der Waals surface area contributed by atoms with Crippen LogP contribution >= 0.6 is 46.4 Å². The summed E-state index contributed by atoms with van der Waals surface area (Å²) in [6, 6.07) is 0. The Hall–Kier alpha value is 0.580. The van der Waals surface area contributed by atoms with E-state index in [4.69, 9.17) is 53.0 Å². The minimum absolute atomic E-state index is 2.24. The summed E-state index contributed by atoms with van der Waals surface area (Å²) >= 11 is 19.6. The molecule has 0 bridgehead atoms. The summed E-state index contributed by atoms with van der Waals surface area (Å²) in [6.45, 7) is 6.13. The Morgan fingerprint density at radius 2 is 1.56 bits per heavy atom. The number of nitrogens with zero attached hydrogens (tertiary/aromatic N) is 1. The van der Waals surface area contributed by atoms with E-state index in [1.165, 1.54) is 0 Å². The Labute approximate surface area is 71.5 Å². The van der Waals surface area contributed by atoms with Gasteiger partial charge in [0.15, 0.2) is 0 Å². The van der Waals surface area contributed by atoms with E-state index in [9.17, 15) is 4.39 Å². The van der Waals surface area contributed by atoms with Crippen LogP contribution in [0, 0.1) is 6.57 Å². The van der Waals surface area contributed by atoms with Crippen molar-refractivity contribution in [2.75, 3.05) is 0 Å². The number of alkyl halides is 5. The lowest BCUT2D eigenvalue weighted by Crippen LogP contribution is -2.27. The van der Waals surface area contributed by atoms with Crippen LogP contribution in [0.3, 0.4) is 0 Å². The number of halogens is 5. The minimum Gasteiger partial charge on any atom is -0.255 e. The first-order valence-corrected chi connectivity index (χ1v) is 3.15. The molecule has 0 fully saturated rings. The van der Waals surface area contributed by atoms with Gasteiger partial charge in [0.1, 0.15) is 0 Å². The van der Waals surface area contributed by atoms with E-state index >= 15 is 0 Å². The van der Waals surface area contributed by atoms with Crippen LogP contribution in [0.2, 0.25) is 0 Å². The zero-order chi connectivity index (χ0) is 7.71. The molecule has 1 atom stereocenters. The Balaban J connectivity index is 4.39. The second-order valence-electron chi connectivity index (χ2n) is 1.15. The molecule has 0 spiro atoms. The fourth-order valence-electron chi connectivity index (χ4n) is 0.0634. The van der Waals surface area contributed by atoms with Crippen molar-refractivity contribution in [1.82, 2.24) is 0 Å². The zero-order valence-electron chi connectivity index (χ0n) is 3.84. The molecule has 1 unspecified atom stereocenters. The molecule has 6 heteroatoms. The standard InChI is InChI=1S/C3Cl4FN/c1-9-3(7,8)2(4,5)6. The summed E-state index contributed by atoms with van der Waals surface area (Å²) in [5.41, 5.74) is 0. The molecule has 0 amide bonds. The summed E-state index contributed by atoms with van der Waals surface area (Å²) in [5, 5.41) is -2.96. The van der Waals surface area contributed by atoms with E-state index in [1.54, 1.807) is 0 Å². The molecule has 0 aliphatic rings. The molecular weight excluding hydrogens is 211 g/mol. The Morgan fingerprint density at radius 1 is 1.22 bits per heavy atom. The highest BCUT2D eigenvalue weighted by Crippen LogP contribution is 2.44. The largest absolute Gasteiger partial charge is 0.499 e. The number of hydrogen-bond acceptors (Lipinski definition) is 0. The SMILES string of the molecule is [C-]#[N+]C(F)(Cl)C(Cl)(Cl)Cl. The monoisotopic (exact) mass is 209 g/mol. The van der Waals surface area contributed by atoms with Gasteiger partial charge >= 0.3 is 9.04 Å². The summed E-state index contributed by atoms with van der Waals surface area (Å²) in [5.74, 6) is 0. The maximum Gasteiger partial charge on any atom is 0.499 e. The molecule has 1 nitrogen and oxygen atoms in total. The lowest BCUT2D eigenvalue weighted by atomic mass is 10.7. The van der Waals surface area contributed by atoms with Crippen LogP contribution in [0.4, 0.5) is 4.39 Å². The van der Waals surface area contributed by atoms with Crippen molar-refractivity contribution < 1.29 is 4.39 Å². The molecule has 0 radical (unpaired) electrons. The van der Waals surface area contributed by atoms with Crippen molar-refractivity contribution in [3.05, 3.63) is 11.4 Å². The Kier molecular flexibility index (Phi) is 2.85. The van der Waals surface area contributed by atoms with E-state index < -0.39 is 9.04 Å². The van der Waals surface area contributed by atoms with E-state index in [1.807, 2.05) is 0 Å². The molecule has 0 aromatic carbocycles. The van der Waals surface area contributed by atoms with Crippen molar-refractivity contribution in [1.29, 1.82) is 0 Å². The minimum atomic E-state index is -2.96. The first-order chi connectivity index (χ1) is 3.81. The quantitative estimate of drug-likeness (QED) is 0.329. The van der Waals surface area contributed by atoms with Crippen LogP contribution < -0.4 is 0 Å². The summed E-state index contributed by atoms with van der Waals surface area (Å²) in [4.78, 5) is 2.24. The maximum absolute atomic E-state index is 12.3. The molecule has 0 heterocycles. The van der Waals surface area contributed by atoms with Crippen LogP contribution in [0.5, 0.6) is 0 Å². The molecule has 0 aliphatic heterocycles. The van der Waals surface area contributed by atoms with Crippen LogP contribution in [-0.4, -0.2) is 9.04 Å². The molecule has 52 valence electrons. The lowest BCUT2D eigenvalue weighted by molar-refractivity contribution is 0.348. The van der Waals surface area contributed by atoms with Crippen LogP contribution in [0.25, 0.3) is 4.85 Å². The van der Waals surface area contributed by atoms with Gasteiger partial charge in [-0.25, -0.2) is 6.57 Å². The molecule has 0 saturated heterocycles. The van der Waals surface area contributed by atoms with E-state index in [-0.39, 0.29) is 0 Å². The van der Waals surface area contributed by atoms with E-state index in [0.29, 0.717) is 0 Å². The van der Waals surface area contributed by atoms with Gasteiger partial charge in [-0.1, -0.05) is 34.8 Å². The van der Waals surface area contributed by atoms with Crippen molar-refractivity contribution in [2.45, 2.75) is 9.04 Å². The van der Waals surface area contributed by atoms with Gasteiger partial charge in [-0.15, -0.1) is 4.39 Å². The fourth-order valence-corrected chi connectivity index (χ4v) is 0.190. The van der Waals surface area contributed by atoms with Gasteiger partial charge in [0.25, 0.3) is 0 Å². The molecule has 0 aliphatic carbocycles. The lowest BCUT2D eigenvalue weighted by Gasteiger charge is -2.11. The van der Waals surface area contributed by atoms with Gasteiger partial charge in [-0.05, 0) is 0 Å². The average molecular weight is 211 g/mol. The second-order valence-corrected chi connectivity index (χ2v) is 3.93. The Morgan fingerprint density at radius 3 is 1.56 bits per heavy atom. The Bertz CT molecular complexity index is 143. The summed E-state index contributed by atoms with van der Waals surface area (Å²) in [7, 11) is 0. The van der Waals surface area contributed by atoms with Crippen molar-refractivity contribution in [3.8, 4) is 0 Å². The first-order valence-electron chi connectivity index (χ1n) is 1.64. The molecule has 0 rings (SSSR count). The third kappa shape index (κ3) is 2.35. The van der Waals surface area contributed by atoms with Gasteiger partial charge in [0, 0.05) is 11.6 Å². The van der Waals surface area contributed by atoms with Crippen LogP contribution in [0.1, 0.15) is 0 Å². The molecule has 9 heavy (non-hydrogen) atoms. The average Bonchev–Trinajstić information content (AvgIpc) is 1.64. The highest BCUT2D eigenvalue weighted by atomic mass is 35.6. The van der Waals surface area contributed by atoms with Crippen LogP contribution in [0.15, 0.2) is 0 Å². The first kappa shape index (κ1) is 9.58. The molecule has 0 N–H and O–H groups in total. The van der Waals surface area contributed by atoms with E-state index in [0.717, 1.165) is 0 Å². The van der Waals surface area contributed by atoms with Crippen molar-refractivity contribution in [2.24, 2.45) is 0 Å². The van der Waals surface area contributed by atoms with Gasteiger partial charge in [0.05, 0.1) is 0 Å². The molecule has 0 aromatic rings. The number of rotatable bonds is 0. The smallest absolute Gasteiger partial charge is 0.255 e. The van der Waals surface area contributed by atoms with Gasteiger partial charge in [-0.3, -0.25) is 4.85 Å². The third-order valence-corrected chi connectivity index (χ3v) is 1.89. The predicted octanol–water partition coefficient (Wildman–Crippen LogP) is 3.14. The molecule has 0 aromatic heterocycles. The fraction of sp³-hybridized carbons (Fsp3) is 0.667. The van der Waals surface area contributed by atoms with Crippen molar-refractivity contribution in [3.63, 3.8) is 0 Å². The molecule has 0 saturated carbocycles. The molecular formula is C3Cl4FN. The zero-order valence-corrected chi connectivity index (χ0v) is 6.86. The summed E-state index contributed by atoms with van der Waals surface area (Å²) < 4.78 is 9.95. The van der Waals surface area contributed by atoms with Gasteiger partial charge in [0.2, 0.25) is 0 Å². The van der Waals surface area contributed by atoms with Crippen LogP contribution in [-0.2, 0) is 0 Å². The predicted molar refractivity (Wildman–Crippen MR) is 36.6 cm³/mol. The van der Waals surface area contributed by atoms with Gasteiger partial charge < -0.3 is 0 Å². The number of hydrogen-bond donors (Lipinski definition) is 0. The second kappa shape index (κ2) is 2.67. The van der Waals surface area contributed by atoms with E-state index in [2.05, 4.69) is 4.85 Å². The van der Waals surface area contributed by atoms with Crippen molar-refractivity contribution >= 4 is 46.4 Å². The maximum atomic E-state index is 12.3. The highest BCUT2D eigenvalue weighted by Gasteiger charge is 2.56. The topological polar surface area (TPSA) is 4.36 Å². The van der Waals surface area contributed by atoms with Gasteiger partial charge in [-0.2, -0.15) is 0 Å².